The number of rotatable bonds is 6. The van der Waals surface area contributed by atoms with Crippen LogP contribution in [-0.4, -0.2) is 38.4 Å². The molecule has 0 radical (unpaired) electrons. The summed E-state index contributed by atoms with van der Waals surface area (Å²) < 4.78 is 2.09. The second-order valence-electron chi connectivity index (χ2n) is 7.82. The van der Waals surface area contributed by atoms with E-state index in [1.807, 2.05) is 37.3 Å². The highest BCUT2D eigenvalue weighted by atomic mass is 32.2. The number of nitrogens with zero attached hydrogens (tertiary/aromatic N) is 4. The van der Waals surface area contributed by atoms with E-state index in [1.54, 1.807) is 4.90 Å². The van der Waals surface area contributed by atoms with E-state index in [-0.39, 0.29) is 18.4 Å². The minimum atomic E-state index is -0.407. The molecule has 1 aliphatic carbocycles. The zero-order valence-corrected chi connectivity index (χ0v) is 18.0. The number of benzene rings is 1. The molecule has 7 nitrogen and oxygen atoms in total. The van der Waals surface area contributed by atoms with Crippen LogP contribution in [0.3, 0.4) is 0 Å². The molecule has 2 heterocycles. The van der Waals surface area contributed by atoms with Crippen molar-refractivity contribution in [3.8, 4) is 0 Å². The lowest BCUT2D eigenvalue weighted by Crippen LogP contribution is -2.45. The first kappa shape index (κ1) is 20.7. The van der Waals surface area contributed by atoms with Crippen LogP contribution in [0.2, 0.25) is 0 Å². The fourth-order valence-electron chi connectivity index (χ4n) is 4.21. The minimum Gasteiger partial charge on any atom is -0.323 e. The van der Waals surface area contributed by atoms with Gasteiger partial charge in [-0.25, -0.2) is 0 Å². The van der Waals surface area contributed by atoms with E-state index in [9.17, 15) is 9.59 Å². The summed E-state index contributed by atoms with van der Waals surface area (Å²) in [7, 11) is 0. The molecule has 2 amide bonds. The number of nitrogens with one attached hydrogen (secondary N) is 1. The summed E-state index contributed by atoms with van der Waals surface area (Å²) in [6.45, 7) is 6.38. The Morgan fingerprint density at radius 3 is 2.83 bits per heavy atom. The average molecular weight is 426 g/mol. The van der Waals surface area contributed by atoms with Crippen molar-refractivity contribution in [2.24, 2.45) is 0 Å². The third-order valence-electron chi connectivity index (χ3n) is 5.69. The number of fused-ring (bicyclic) bond motifs is 1. The molecule has 1 aromatic heterocycles. The van der Waals surface area contributed by atoms with Gasteiger partial charge < -0.3 is 9.88 Å². The molecule has 1 fully saturated rings. The van der Waals surface area contributed by atoms with Crippen LogP contribution in [-0.2, 0) is 16.1 Å². The standard InChI is InChI=1S/C22H27N5O2S/c1-3-13-26-20(16-9-5-4-6-10-16)24-25-22(26)30-15(2)21(29)27-14-19(28)23-17-11-7-8-12-18(17)27/h3,7-8,11-12,15-16H,1,4-6,9-10,13-14H2,2H3,(H,23,28)/t15-/m1/s1. The highest BCUT2D eigenvalue weighted by Crippen LogP contribution is 2.35. The van der Waals surface area contributed by atoms with E-state index in [0.717, 1.165) is 29.5 Å². The normalized spacial score (nSPS) is 17.9. The van der Waals surface area contributed by atoms with Crippen molar-refractivity contribution in [1.82, 2.24) is 14.8 Å². The van der Waals surface area contributed by atoms with Gasteiger partial charge in [-0.15, -0.1) is 16.8 Å². The lowest BCUT2D eigenvalue weighted by atomic mass is 9.89. The quantitative estimate of drug-likeness (QED) is 0.559. The number of hydrogen-bond acceptors (Lipinski definition) is 5. The molecule has 0 saturated heterocycles. The highest BCUT2D eigenvalue weighted by Gasteiger charge is 2.31. The maximum Gasteiger partial charge on any atom is 0.244 e. The molecule has 1 aromatic carbocycles. The molecular formula is C22H27N5O2S. The number of carbonyl (C=O) groups excluding carboxylic acids is 2. The monoisotopic (exact) mass is 425 g/mol. The fraction of sp³-hybridized carbons (Fsp3) is 0.455. The van der Waals surface area contributed by atoms with Gasteiger partial charge in [-0.2, -0.15) is 0 Å². The molecule has 0 unspecified atom stereocenters. The van der Waals surface area contributed by atoms with Crippen molar-refractivity contribution in [2.75, 3.05) is 16.8 Å². The largest absolute Gasteiger partial charge is 0.323 e. The molecule has 2 aromatic rings. The van der Waals surface area contributed by atoms with E-state index >= 15 is 0 Å². The molecule has 4 rings (SSSR count). The molecule has 1 saturated carbocycles. The Balaban J connectivity index is 1.54. The first-order chi connectivity index (χ1) is 14.6. The third kappa shape index (κ3) is 4.14. The number of anilines is 2. The van der Waals surface area contributed by atoms with Gasteiger partial charge in [0.05, 0.1) is 16.6 Å². The van der Waals surface area contributed by atoms with E-state index in [2.05, 4.69) is 26.7 Å². The van der Waals surface area contributed by atoms with E-state index in [4.69, 9.17) is 0 Å². The van der Waals surface area contributed by atoms with Crippen LogP contribution in [0.5, 0.6) is 0 Å². The van der Waals surface area contributed by atoms with Crippen LogP contribution in [0, 0.1) is 0 Å². The molecule has 1 atom stereocenters. The van der Waals surface area contributed by atoms with Crippen LogP contribution >= 0.6 is 11.8 Å². The lowest BCUT2D eigenvalue weighted by molar-refractivity contribution is -0.121. The number of para-hydroxylation sites is 2. The fourth-order valence-corrected chi connectivity index (χ4v) is 5.14. The molecule has 1 aliphatic heterocycles. The van der Waals surface area contributed by atoms with E-state index in [1.165, 1.54) is 31.0 Å². The summed E-state index contributed by atoms with van der Waals surface area (Å²) in [5.74, 6) is 1.12. The van der Waals surface area contributed by atoms with Crippen LogP contribution < -0.4 is 10.2 Å². The Labute approximate surface area is 180 Å². The predicted molar refractivity (Wildman–Crippen MR) is 119 cm³/mol. The second kappa shape index (κ2) is 9.04. The average Bonchev–Trinajstić information content (AvgIpc) is 3.15. The van der Waals surface area contributed by atoms with Gasteiger partial charge in [0.15, 0.2) is 5.16 Å². The third-order valence-corrected chi connectivity index (χ3v) is 6.76. The first-order valence-corrected chi connectivity index (χ1v) is 11.4. The van der Waals surface area contributed by atoms with Gasteiger partial charge >= 0.3 is 0 Å². The maximum absolute atomic E-state index is 13.2. The molecule has 8 heteroatoms. The number of aromatic nitrogens is 3. The topological polar surface area (TPSA) is 80.1 Å². The van der Waals surface area contributed by atoms with Crippen molar-refractivity contribution in [3.05, 3.63) is 42.7 Å². The molecule has 30 heavy (non-hydrogen) atoms. The van der Waals surface area contributed by atoms with Gasteiger partial charge in [0.2, 0.25) is 11.8 Å². The van der Waals surface area contributed by atoms with Crippen molar-refractivity contribution in [2.45, 2.75) is 61.9 Å². The SMILES string of the molecule is C=CCn1c(S[C@H](C)C(=O)N2CC(=O)Nc3ccccc32)nnc1C1CCCCC1. The van der Waals surface area contributed by atoms with Gasteiger partial charge in [-0.1, -0.05) is 49.2 Å². The Bertz CT molecular complexity index is 951. The van der Waals surface area contributed by atoms with Crippen molar-refractivity contribution in [3.63, 3.8) is 0 Å². The smallest absolute Gasteiger partial charge is 0.244 e. The zero-order chi connectivity index (χ0) is 21.1. The summed E-state index contributed by atoms with van der Waals surface area (Å²) >= 11 is 1.39. The van der Waals surface area contributed by atoms with Crippen molar-refractivity contribution < 1.29 is 9.59 Å². The number of allylic oxidation sites excluding steroid dienone is 1. The number of hydrogen-bond donors (Lipinski definition) is 1. The summed E-state index contributed by atoms with van der Waals surface area (Å²) in [6, 6.07) is 7.37. The number of carbonyl (C=O) groups is 2. The molecular weight excluding hydrogens is 398 g/mol. The van der Waals surface area contributed by atoms with Crippen molar-refractivity contribution in [1.29, 1.82) is 0 Å². The summed E-state index contributed by atoms with van der Waals surface area (Å²) in [4.78, 5) is 26.9. The predicted octanol–water partition coefficient (Wildman–Crippen LogP) is 3.98. The summed E-state index contributed by atoms with van der Waals surface area (Å²) in [5, 5.41) is 12.0. The minimum absolute atomic E-state index is 0.0212. The summed E-state index contributed by atoms with van der Waals surface area (Å²) in [6.07, 6.45) is 7.84. The van der Waals surface area contributed by atoms with Gasteiger partial charge in [-0.3, -0.25) is 14.5 Å². The maximum atomic E-state index is 13.2. The Morgan fingerprint density at radius 1 is 1.30 bits per heavy atom. The van der Waals surface area contributed by atoms with Gasteiger partial charge in [-0.05, 0) is 31.9 Å². The van der Waals surface area contributed by atoms with E-state index < -0.39 is 5.25 Å². The molecule has 0 spiro atoms. The van der Waals surface area contributed by atoms with E-state index in [0.29, 0.717) is 18.2 Å². The highest BCUT2D eigenvalue weighted by molar-refractivity contribution is 8.00. The van der Waals surface area contributed by atoms with Gasteiger partial charge in [0.25, 0.3) is 0 Å². The second-order valence-corrected chi connectivity index (χ2v) is 9.13. The zero-order valence-electron chi connectivity index (χ0n) is 17.2. The molecule has 1 N–H and O–H groups in total. The molecule has 158 valence electrons. The Morgan fingerprint density at radius 2 is 2.07 bits per heavy atom. The van der Waals surface area contributed by atoms with Crippen LogP contribution in [0.15, 0.2) is 42.1 Å². The first-order valence-electron chi connectivity index (χ1n) is 10.5. The lowest BCUT2D eigenvalue weighted by Gasteiger charge is -2.30. The Kier molecular flexibility index (Phi) is 6.22. The Hall–Kier alpha value is -2.61. The number of thioether (sulfide) groups is 1. The summed E-state index contributed by atoms with van der Waals surface area (Å²) in [5.41, 5.74) is 1.39. The van der Waals surface area contributed by atoms with Crippen LogP contribution in [0.25, 0.3) is 0 Å². The number of amides is 2. The van der Waals surface area contributed by atoms with Crippen molar-refractivity contribution >= 4 is 35.0 Å². The molecule has 0 bridgehead atoms. The molecule has 2 aliphatic rings. The van der Waals surface area contributed by atoms with Crippen LogP contribution in [0.1, 0.15) is 50.8 Å². The van der Waals surface area contributed by atoms with Gasteiger partial charge in [0.1, 0.15) is 12.4 Å². The van der Waals surface area contributed by atoms with Crippen LogP contribution in [0.4, 0.5) is 11.4 Å². The van der Waals surface area contributed by atoms with Gasteiger partial charge in [0, 0.05) is 12.5 Å².